The fourth-order valence-corrected chi connectivity index (χ4v) is 5.07. The number of fused-ring (bicyclic) bond motifs is 2. The molecule has 2 aromatic heterocycles. The van der Waals surface area contributed by atoms with E-state index in [1.54, 1.807) is 0 Å². The highest BCUT2D eigenvalue weighted by molar-refractivity contribution is 5.69. The summed E-state index contributed by atoms with van der Waals surface area (Å²) in [5.41, 5.74) is 3.88. The second-order valence-corrected chi connectivity index (χ2v) is 9.18. The molecule has 0 spiro atoms. The predicted molar refractivity (Wildman–Crippen MR) is 128 cm³/mol. The van der Waals surface area contributed by atoms with E-state index in [0.717, 1.165) is 60.1 Å². The summed E-state index contributed by atoms with van der Waals surface area (Å²) in [6.45, 7) is 2.09. The SMILES string of the molecule is c1cc2c(cc1-c1c[nH]c([C@@H]3CCCN3)n1)Oc1cc(-c3cnc([C@@H]4CCCN4)[nH]3)ccc1O2. The van der Waals surface area contributed by atoms with Crippen molar-refractivity contribution in [2.75, 3.05) is 13.1 Å². The number of benzene rings is 2. The van der Waals surface area contributed by atoms with Crippen LogP contribution in [-0.2, 0) is 0 Å². The summed E-state index contributed by atoms with van der Waals surface area (Å²) in [5, 5.41) is 6.97. The molecule has 2 aromatic carbocycles. The van der Waals surface area contributed by atoms with Crippen molar-refractivity contribution in [1.29, 1.82) is 0 Å². The molecule has 34 heavy (non-hydrogen) atoms. The summed E-state index contributed by atoms with van der Waals surface area (Å²) in [5.74, 6) is 4.76. The van der Waals surface area contributed by atoms with Gasteiger partial charge < -0.3 is 30.1 Å². The van der Waals surface area contributed by atoms with Crippen LogP contribution in [0.1, 0.15) is 49.4 Å². The summed E-state index contributed by atoms with van der Waals surface area (Å²) in [6.07, 6.45) is 8.44. The van der Waals surface area contributed by atoms with E-state index in [9.17, 15) is 0 Å². The van der Waals surface area contributed by atoms with Crippen molar-refractivity contribution >= 4 is 0 Å². The molecule has 3 aliphatic rings. The lowest BCUT2D eigenvalue weighted by atomic mass is 10.1. The third-order valence-corrected chi connectivity index (χ3v) is 6.91. The number of H-pyrrole nitrogens is 2. The monoisotopic (exact) mass is 454 g/mol. The molecule has 8 heteroatoms. The number of aromatic amines is 2. The van der Waals surface area contributed by atoms with Gasteiger partial charge in [-0.05, 0) is 75.2 Å². The van der Waals surface area contributed by atoms with Gasteiger partial charge in [-0.3, -0.25) is 0 Å². The zero-order chi connectivity index (χ0) is 22.5. The Balaban J connectivity index is 1.15. The average molecular weight is 455 g/mol. The van der Waals surface area contributed by atoms with E-state index in [-0.39, 0.29) is 0 Å². The molecule has 172 valence electrons. The minimum atomic E-state index is 0.309. The van der Waals surface area contributed by atoms with Gasteiger partial charge in [0.25, 0.3) is 0 Å². The normalized spacial score (nSPS) is 21.1. The van der Waals surface area contributed by atoms with E-state index in [2.05, 4.69) is 25.6 Å². The van der Waals surface area contributed by atoms with E-state index >= 15 is 0 Å². The molecule has 3 aliphatic heterocycles. The molecule has 0 aliphatic carbocycles. The number of hydrogen-bond acceptors (Lipinski definition) is 6. The van der Waals surface area contributed by atoms with Crippen LogP contribution in [0.5, 0.6) is 23.0 Å². The highest BCUT2D eigenvalue weighted by atomic mass is 16.6. The van der Waals surface area contributed by atoms with Crippen LogP contribution < -0.4 is 20.1 Å². The molecule has 5 heterocycles. The van der Waals surface area contributed by atoms with Gasteiger partial charge in [-0.15, -0.1) is 0 Å². The Morgan fingerprint density at radius 2 is 1.44 bits per heavy atom. The first-order valence-electron chi connectivity index (χ1n) is 12.0. The lowest BCUT2D eigenvalue weighted by Crippen LogP contribution is -2.14. The molecule has 0 bridgehead atoms. The van der Waals surface area contributed by atoms with Gasteiger partial charge in [0.2, 0.25) is 0 Å². The number of hydrogen-bond donors (Lipinski definition) is 4. The van der Waals surface area contributed by atoms with Gasteiger partial charge in [0.05, 0.1) is 29.7 Å². The van der Waals surface area contributed by atoms with Crippen LogP contribution in [0.2, 0.25) is 0 Å². The Hall–Kier alpha value is -3.62. The number of aromatic nitrogens is 4. The average Bonchev–Trinajstić information content (AvgIpc) is 3.68. The van der Waals surface area contributed by atoms with E-state index in [1.807, 2.05) is 48.8 Å². The molecule has 8 nitrogen and oxygen atoms in total. The predicted octanol–water partition coefficient (Wildman–Crippen LogP) is 5.21. The zero-order valence-corrected chi connectivity index (χ0v) is 18.7. The summed E-state index contributed by atoms with van der Waals surface area (Å²) >= 11 is 0. The van der Waals surface area contributed by atoms with Crippen molar-refractivity contribution in [2.24, 2.45) is 0 Å². The van der Waals surface area contributed by atoms with Crippen LogP contribution in [0, 0.1) is 0 Å². The van der Waals surface area contributed by atoms with Crippen LogP contribution in [-0.4, -0.2) is 33.0 Å². The van der Waals surface area contributed by atoms with Gasteiger partial charge >= 0.3 is 0 Å². The number of rotatable bonds is 4. The van der Waals surface area contributed by atoms with Gasteiger partial charge in [-0.25, -0.2) is 9.97 Å². The second kappa shape index (κ2) is 8.00. The lowest BCUT2D eigenvalue weighted by molar-refractivity contribution is 0.360. The van der Waals surface area contributed by atoms with Crippen LogP contribution in [0.25, 0.3) is 22.5 Å². The first-order chi connectivity index (χ1) is 16.8. The first kappa shape index (κ1) is 19.8. The zero-order valence-electron chi connectivity index (χ0n) is 18.7. The highest BCUT2D eigenvalue weighted by Gasteiger charge is 2.23. The molecule has 2 atom stereocenters. The summed E-state index contributed by atoms with van der Waals surface area (Å²) in [6, 6.07) is 12.6. The molecule has 0 radical (unpaired) electrons. The number of nitrogens with one attached hydrogen (secondary N) is 4. The Morgan fingerprint density at radius 1 is 0.765 bits per heavy atom. The van der Waals surface area contributed by atoms with Crippen LogP contribution in [0.3, 0.4) is 0 Å². The summed E-state index contributed by atoms with van der Waals surface area (Å²) in [7, 11) is 0. The van der Waals surface area contributed by atoms with Crippen LogP contribution in [0.15, 0.2) is 48.8 Å². The third-order valence-electron chi connectivity index (χ3n) is 6.91. The topological polar surface area (TPSA) is 99.9 Å². The molecule has 4 aromatic rings. The van der Waals surface area contributed by atoms with Crippen molar-refractivity contribution in [3.05, 3.63) is 60.4 Å². The Kier molecular flexibility index (Phi) is 4.66. The third kappa shape index (κ3) is 3.46. The molecule has 0 amide bonds. The van der Waals surface area contributed by atoms with E-state index in [4.69, 9.17) is 14.5 Å². The van der Waals surface area contributed by atoms with E-state index in [0.29, 0.717) is 35.1 Å². The van der Waals surface area contributed by atoms with Crippen molar-refractivity contribution in [2.45, 2.75) is 37.8 Å². The molecule has 7 rings (SSSR count). The second-order valence-electron chi connectivity index (χ2n) is 9.18. The largest absolute Gasteiger partial charge is 0.450 e. The highest BCUT2D eigenvalue weighted by Crippen LogP contribution is 2.47. The van der Waals surface area contributed by atoms with Crippen molar-refractivity contribution in [3.8, 4) is 45.5 Å². The van der Waals surface area contributed by atoms with Gasteiger partial charge in [0.1, 0.15) is 11.6 Å². The standard InChI is InChI=1S/C26H26N6O2/c1-3-17(27-9-1)25-29-13-19(31-25)15-5-7-21-23(11-15)34-24-12-16(6-8-22(24)33-21)20-14-30-26(32-20)18-4-2-10-28-18/h5-8,11-14,17-18,27-28H,1-4,9-10H2,(H,29,31)(H,30,32)/t17-,18-/m0/s1. The smallest absolute Gasteiger partial charge is 0.170 e. The Bertz CT molecular complexity index is 1250. The van der Waals surface area contributed by atoms with Gasteiger partial charge in [-0.2, -0.15) is 0 Å². The molecule has 2 fully saturated rings. The van der Waals surface area contributed by atoms with Crippen molar-refractivity contribution in [3.63, 3.8) is 0 Å². The maximum absolute atomic E-state index is 6.29. The fraction of sp³-hybridized carbons (Fsp3) is 0.308. The minimum absolute atomic E-state index is 0.309. The maximum Gasteiger partial charge on any atom is 0.170 e. The Labute approximate surface area is 197 Å². The Morgan fingerprint density at radius 3 is 2.18 bits per heavy atom. The molecular formula is C26H26N6O2. The van der Waals surface area contributed by atoms with E-state index in [1.165, 1.54) is 12.8 Å². The summed E-state index contributed by atoms with van der Waals surface area (Å²) < 4.78 is 12.4. The van der Waals surface area contributed by atoms with Crippen LogP contribution >= 0.6 is 0 Å². The quantitative estimate of drug-likeness (QED) is 0.297. The molecule has 0 unspecified atom stereocenters. The van der Waals surface area contributed by atoms with Gasteiger partial charge in [0.15, 0.2) is 23.0 Å². The summed E-state index contributed by atoms with van der Waals surface area (Å²) in [4.78, 5) is 16.2. The van der Waals surface area contributed by atoms with E-state index < -0.39 is 0 Å². The van der Waals surface area contributed by atoms with Gasteiger partial charge in [0, 0.05) is 17.3 Å². The number of imidazole rings is 2. The minimum Gasteiger partial charge on any atom is -0.450 e. The van der Waals surface area contributed by atoms with Crippen molar-refractivity contribution in [1.82, 2.24) is 30.6 Å². The molecule has 0 saturated carbocycles. The van der Waals surface area contributed by atoms with Crippen molar-refractivity contribution < 1.29 is 9.47 Å². The number of ether oxygens (including phenoxy) is 2. The molecular weight excluding hydrogens is 428 g/mol. The van der Waals surface area contributed by atoms with Crippen LogP contribution in [0.4, 0.5) is 0 Å². The fourth-order valence-electron chi connectivity index (χ4n) is 5.07. The van der Waals surface area contributed by atoms with Gasteiger partial charge in [-0.1, -0.05) is 0 Å². The molecule has 4 N–H and O–H groups in total. The first-order valence-corrected chi connectivity index (χ1v) is 12.0. The maximum atomic E-state index is 6.29. The lowest BCUT2D eigenvalue weighted by Gasteiger charge is -2.21. The molecule has 2 saturated heterocycles. The number of nitrogens with zero attached hydrogens (tertiary/aromatic N) is 2.